The molecule has 0 unspecified atom stereocenters. The lowest BCUT2D eigenvalue weighted by atomic mass is 9.91. The molecule has 84 heavy (non-hydrogen) atoms. The van der Waals surface area contributed by atoms with Gasteiger partial charge in [0.25, 0.3) is 0 Å². The minimum Gasteiger partial charge on any atom is -0.488 e. The van der Waals surface area contributed by atoms with Crippen molar-refractivity contribution in [2.45, 2.75) is 129 Å². The van der Waals surface area contributed by atoms with Gasteiger partial charge in [-0.15, -0.1) is 26.3 Å². The van der Waals surface area contributed by atoms with Crippen molar-refractivity contribution in [1.82, 2.24) is 0 Å². The Kier molecular flexibility index (Phi) is 19.9. The minimum atomic E-state index is -2.13. The van der Waals surface area contributed by atoms with Crippen LogP contribution >= 0.6 is 0 Å². The Labute approximate surface area is 507 Å². The zero-order valence-electron chi connectivity index (χ0n) is 51.4. The quantitative estimate of drug-likeness (QED) is 0.0446. The molecule has 1 aliphatic carbocycles. The summed E-state index contributed by atoms with van der Waals surface area (Å²) < 4.78 is 29.8. The maximum atomic E-state index is 7.44. The number of hydrogen-bond acceptors (Lipinski definition) is 4. The van der Waals surface area contributed by atoms with Crippen LogP contribution in [0.5, 0.6) is 23.0 Å². The van der Waals surface area contributed by atoms with E-state index in [1.165, 1.54) is 20.7 Å². The zero-order chi connectivity index (χ0) is 59.5. The van der Waals surface area contributed by atoms with Gasteiger partial charge in [-0.2, -0.15) is 0 Å². The van der Waals surface area contributed by atoms with Gasteiger partial charge in [-0.25, -0.2) is 0 Å². The molecule has 4 nitrogen and oxygen atoms in total. The van der Waals surface area contributed by atoms with E-state index in [0.29, 0.717) is 52.1 Å². The molecule has 0 N–H and O–H groups in total. The molecule has 0 saturated carbocycles. The average Bonchev–Trinajstić information content (AvgIpc) is 2.13. The van der Waals surface area contributed by atoms with E-state index in [1.54, 1.807) is 0 Å². The lowest BCUT2D eigenvalue weighted by Gasteiger charge is -2.30. The Hall–Kier alpha value is -7.21. The van der Waals surface area contributed by atoms with Gasteiger partial charge >= 0.3 is 0 Å². The number of ether oxygens (including phenoxy) is 4. The van der Waals surface area contributed by atoms with Crippen LogP contribution in [0.2, 0.25) is 76.6 Å². The second kappa shape index (κ2) is 27.2. The van der Waals surface area contributed by atoms with E-state index in [2.05, 4.69) is 273 Å². The van der Waals surface area contributed by atoms with Crippen molar-refractivity contribution >= 4 is 53.0 Å². The summed E-state index contributed by atoms with van der Waals surface area (Å²) in [5.41, 5.74) is 13.7. The first-order valence-electron chi connectivity index (χ1n) is 30.2. The summed E-state index contributed by atoms with van der Waals surface area (Å²) in [6.45, 7) is 38.9. The maximum absolute atomic E-state index is 7.44. The van der Waals surface area contributed by atoms with Gasteiger partial charge in [-0.1, -0.05) is 267 Å². The van der Waals surface area contributed by atoms with Gasteiger partial charge in [0.15, 0.2) is 0 Å². The topological polar surface area (TPSA) is 36.9 Å². The molecular weight excluding hydrogens is 1090 g/mol. The number of hydrogen-bond donors (Lipinski definition) is 0. The van der Waals surface area contributed by atoms with Crippen molar-refractivity contribution in [3.8, 4) is 23.0 Å². The Balaban J connectivity index is 1.43. The molecule has 0 aliphatic heterocycles. The molecular formula is C76H88O4Si4. The van der Waals surface area contributed by atoms with Crippen LogP contribution in [0.3, 0.4) is 0 Å². The molecule has 0 radical (unpaired) electrons. The lowest BCUT2D eigenvalue weighted by molar-refractivity contribution is 0.293. The molecule has 1 aliphatic rings. The Morgan fingerprint density at radius 1 is 0.286 bits per heavy atom. The molecule has 8 bridgehead atoms. The van der Waals surface area contributed by atoms with Crippen LogP contribution in [0.25, 0.3) is 0 Å². The summed E-state index contributed by atoms with van der Waals surface area (Å²) in [7, 11) is -8.53. The molecule has 0 atom stereocenters. The highest BCUT2D eigenvalue weighted by Crippen LogP contribution is 2.41. The van der Waals surface area contributed by atoms with Gasteiger partial charge in [0, 0.05) is 25.7 Å². The summed E-state index contributed by atoms with van der Waals surface area (Å²) in [6.07, 6.45) is 10.9. The molecule has 432 valence electrons. The molecule has 9 rings (SSSR count). The van der Waals surface area contributed by atoms with Gasteiger partial charge in [0.1, 0.15) is 49.4 Å². The Bertz CT molecular complexity index is 3020. The van der Waals surface area contributed by atoms with Crippen LogP contribution in [0, 0.1) is 0 Å². The van der Waals surface area contributed by atoms with Crippen LogP contribution in [-0.4, -0.2) is 32.3 Å². The van der Waals surface area contributed by atoms with E-state index in [0.717, 1.165) is 114 Å². The first kappa shape index (κ1) is 61.4. The Morgan fingerprint density at radius 2 is 0.452 bits per heavy atom. The van der Waals surface area contributed by atoms with Crippen molar-refractivity contribution in [2.24, 2.45) is 0 Å². The average molecular weight is 1180 g/mol. The summed E-state index contributed by atoms with van der Waals surface area (Å²) in [5.74, 6) is 3.69. The number of allylic oxidation sites excluding steroid dienone is 4. The van der Waals surface area contributed by atoms with E-state index in [4.69, 9.17) is 18.9 Å². The third-order valence-electron chi connectivity index (χ3n) is 17.1. The molecule has 0 amide bonds. The molecule has 0 spiro atoms. The number of rotatable bonds is 24. The van der Waals surface area contributed by atoms with Gasteiger partial charge in [0.2, 0.25) is 0 Å². The van der Waals surface area contributed by atoms with Crippen LogP contribution in [0.1, 0.15) is 66.8 Å². The highest BCUT2D eigenvalue weighted by Gasteiger charge is 2.33. The van der Waals surface area contributed by atoms with E-state index in [9.17, 15) is 0 Å². The fraction of sp³-hybridized carbons (Fsp3) is 0.263. The van der Waals surface area contributed by atoms with Gasteiger partial charge < -0.3 is 18.9 Å². The summed E-state index contributed by atoms with van der Waals surface area (Å²) >= 11 is 0. The predicted octanol–water partition coefficient (Wildman–Crippen LogP) is 17.1. The molecule has 0 heterocycles. The van der Waals surface area contributed by atoms with Crippen LogP contribution in [0.15, 0.2) is 220 Å². The predicted molar refractivity (Wildman–Crippen MR) is 369 cm³/mol. The number of fused-ring (bicyclic) bond motifs is 8. The van der Waals surface area contributed by atoms with E-state index in [1.807, 2.05) is 0 Å². The van der Waals surface area contributed by atoms with Crippen molar-refractivity contribution in [1.29, 1.82) is 0 Å². The highest BCUT2D eigenvalue weighted by molar-refractivity contribution is 6.91. The molecule has 8 aromatic rings. The SMILES string of the molecule is C=CC[Si](C)(C)c1cc2c(OCc3ccccc3)c(c1)Cc1cc([Si](C)(C)CC=C)cc(c1OCc1ccccc1)Cc1cc([Si](C)(C)CC=C)cc(c1OCc1ccccc1)Cc1cc([Si](C)(C)CC=C)cc(c1OCc1ccccc1)C2. The highest BCUT2D eigenvalue weighted by atomic mass is 28.3. The maximum Gasteiger partial charge on any atom is 0.126 e. The normalized spacial score (nSPS) is 12.7. The fourth-order valence-electron chi connectivity index (χ4n) is 12.0. The first-order valence-corrected chi connectivity index (χ1v) is 43.0. The molecule has 0 saturated heterocycles. The van der Waals surface area contributed by atoms with Crippen molar-refractivity contribution in [3.05, 3.63) is 287 Å². The molecule has 0 aromatic heterocycles. The Morgan fingerprint density at radius 3 is 0.607 bits per heavy atom. The molecule has 8 heteroatoms. The van der Waals surface area contributed by atoms with Gasteiger partial charge in [0.05, 0.1) is 32.3 Å². The minimum absolute atomic E-state index is 0.422. The van der Waals surface area contributed by atoms with Gasteiger partial charge in [-0.05, 0) is 90.9 Å². The second-order valence-corrected chi connectivity index (χ2v) is 44.8. The van der Waals surface area contributed by atoms with Crippen LogP contribution in [-0.2, 0) is 52.1 Å². The molecule has 0 fully saturated rings. The van der Waals surface area contributed by atoms with Gasteiger partial charge in [-0.3, -0.25) is 0 Å². The molecule has 8 aromatic carbocycles. The van der Waals surface area contributed by atoms with Crippen molar-refractivity contribution in [2.75, 3.05) is 0 Å². The van der Waals surface area contributed by atoms with Crippen LogP contribution in [0.4, 0.5) is 0 Å². The van der Waals surface area contributed by atoms with Crippen molar-refractivity contribution < 1.29 is 18.9 Å². The smallest absolute Gasteiger partial charge is 0.126 e. The zero-order valence-corrected chi connectivity index (χ0v) is 55.4. The number of benzene rings is 8. The third kappa shape index (κ3) is 15.0. The van der Waals surface area contributed by atoms with Crippen molar-refractivity contribution in [3.63, 3.8) is 0 Å². The lowest BCUT2D eigenvalue weighted by Crippen LogP contribution is -2.42. The fourth-order valence-corrected chi connectivity index (χ4v) is 20.4. The third-order valence-corrected chi connectivity index (χ3v) is 29.8. The summed E-state index contributed by atoms with van der Waals surface area (Å²) in [6, 6.07) is 66.2. The van der Waals surface area contributed by atoms with E-state index in [-0.39, 0.29) is 0 Å². The standard InChI is InChI=1S/C76H88O4Si4/c1-13-37-81(5,6)69-45-61-41-63-47-70(82(7,8)38-14-2)49-65(74(63)78-54-58-31-23-18-24-32-58)43-67-51-72(84(11,12)40-16-4)52-68(76(67)80-56-60-35-27-20-28-36-60)44-66-50-71(83(9,10)39-15-3)48-64(75(66)79-55-59-33-25-19-26-34-59)42-62(46-69)73(61)77-53-57-29-21-17-22-30-57/h13-36,45-52H,1-4,37-44,53-56H2,5-12H3. The second-order valence-electron chi connectivity index (χ2n) is 25.8. The first-order chi connectivity index (χ1) is 40.4. The largest absolute Gasteiger partial charge is 0.488 e. The monoisotopic (exact) mass is 1180 g/mol. The summed E-state index contributed by atoms with van der Waals surface area (Å²) in [5, 5.41) is 5.51. The summed E-state index contributed by atoms with van der Waals surface area (Å²) in [4.78, 5) is 0. The van der Waals surface area contributed by atoms with E-state index >= 15 is 0 Å². The van der Waals surface area contributed by atoms with E-state index < -0.39 is 32.3 Å². The van der Waals surface area contributed by atoms with Crippen LogP contribution < -0.4 is 39.7 Å².